The van der Waals surface area contributed by atoms with Crippen molar-refractivity contribution in [3.8, 4) is 0 Å². The zero-order valence-corrected chi connectivity index (χ0v) is 15.0. The van der Waals surface area contributed by atoms with Crippen molar-refractivity contribution in [3.63, 3.8) is 0 Å². The van der Waals surface area contributed by atoms with Crippen LogP contribution in [0.1, 0.15) is 78.5 Å². The van der Waals surface area contributed by atoms with Gasteiger partial charge in [-0.05, 0) is 12.8 Å². The molecule has 0 atom stereocenters. The fourth-order valence-corrected chi connectivity index (χ4v) is 2.99. The van der Waals surface area contributed by atoms with Crippen LogP contribution in [0.25, 0.3) is 0 Å². The fourth-order valence-electron chi connectivity index (χ4n) is 2.99. The van der Waals surface area contributed by atoms with Gasteiger partial charge >= 0.3 is 0 Å². The van der Waals surface area contributed by atoms with Crippen molar-refractivity contribution in [1.29, 1.82) is 0 Å². The minimum absolute atomic E-state index is 0.250. The van der Waals surface area contributed by atoms with E-state index in [1.807, 2.05) is 60.7 Å². The third kappa shape index (κ3) is 7.47. The molecule has 0 spiro atoms. The van der Waals surface area contributed by atoms with E-state index in [0.717, 1.165) is 36.8 Å². The Labute approximate surface area is 151 Å². The number of ketones is 2. The zero-order valence-electron chi connectivity index (χ0n) is 15.0. The molecule has 0 bridgehead atoms. The van der Waals surface area contributed by atoms with E-state index in [1.54, 1.807) is 0 Å². The second-order valence-corrected chi connectivity index (χ2v) is 6.55. The summed E-state index contributed by atoms with van der Waals surface area (Å²) >= 11 is 0. The van der Waals surface area contributed by atoms with E-state index in [0.29, 0.717) is 12.8 Å². The normalized spacial score (nSPS) is 10.6. The van der Waals surface area contributed by atoms with Gasteiger partial charge in [0.15, 0.2) is 11.6 Å². The monoisotopic (exact) mass is 336 g/mol. The highest BCUT2D eigenvalue weighted by atomic mass is 16.1. The first-order valence-electron chi connectivity index (χ1n) is 9.44. The van der Waals surface area contributed by atoms with Crippen LogP contribution >= 0.6 is 0 Å². The van der Waals surface area contributed by atoms with Crippen molar-refractivity contribution in [2.75, 3.05) is 0 Å². The van der Waals surface area contributed by atoms with Gasteiger partial charge in [-0.1, -0.05) is 92.8 Å². The molecule has 0 N–H and O–H groups in total. The van der Waals surface area contributed by atoms with Gasteiger partial charge in [0.05, 0.1) is 0 Å². The lowest BCUT2D eigenvalue weighted by Gasteiger charge is -2.03. The number of carbonyl (C=O) groups is 2. The van der Waals surface area contributed by atoms with Crippen LogP contribution in [0.5, 0.6) is 0 Å². The van der Waals surface area contributed by atoms with Gasteiger partial charge in [0.1, 0.15) is 0 Å². The van der Waals surface area contributed by atoms with Crippen LogP contribution in [0.2, 0.25) is 0 Å². The molecule has 0 amide bonds. The van der Waals surface area contributed by atoms with E-state index < -0.39 is 0 Å². The average molecular weight is 336 g/mol. The van der Waals surface area contributed by atoms with Crippen LogP contribution in [-0.2, 0) is 0 Å². The first kappa shape index (κ1) is 19.1. The predicted octanol–water partition coefficient (Wildman–Crippen LogP) is 6.26. The number of carbonyl (C=O) groups excluding carboxylic acids is 2. The predicted molar refractivity (Wildman–Crippen MR) is 103 cm³/mol. The van der Waals surface area contributed by atoms with Crippen molar-refractivity contribution < 1.29 is 9.59 Å². The molecule has 0 aromatic heterocycles. The molecule has 0 aliphatic heterocycles. The lowest BCUT2D eigenvalue weighted by molar-refractivity contribution is 0.0972. The molecular formula is C23H28O2. The topological polar surface area (TPSA) is 34.1 Å². The smallest absolute Gasteiger partial charge is 0.162 e. The van der Waals surface area contributed by atoms with E-state index in [4.69, 9.17) is 0 Å². The largest absolute Gasteiger partial charge is 0.294 e. The molecule has 2 heteroatoms. The fraction of sp³-hybridized carbons (Fsp3) is 0.391. The summed E-state index contributed by atoms with van der Waals surface area (Å²) in [6.45, 7) is 0. The van der Waals surface area contributed by atoms with Gasteiger partial charge < -0.3 is 0 Å². The van der Waals surface area contributed by atoms with Gasteiger partial charge in [-0.3, -0.25) is 9.59 Å². The summed E-state index contributed by atoms with van der Waals surface area (Å²) in [4.78, 5) is 23.9. The zero-order chi connectivity index (χ0) is 17.7. The molecule has 2 rings (SSSR count). The van der Waals surface area contributed by atoms with Crippen LogP contribution in [-0.4, -0.2) is 11.6 Å². The number of rotatable bonds is 12. The third-order valence-electron chi connectivity index (χ3n) is 4.50. The molecule has 0 radical (unpaired) electrons. The highest BCUT2D eigenvalue weighted by Crippen LogP contribution is 2.13. The van der Waals surface area contributed by atoms with Crippen LogP contribution in [0, 0.1) is 0 Å². The maximum absolute atomic E-state index is 12.0. The number of Topliss-reactive ketones (excluding diaryl/α,β-unsaturated/α-hetero) is 2. The van der Waals surface area contributed by atoms with Crippen LogP contribution in [0.4, 0.5) is 0 Å². The van der Waals surface area contributed by atoms with E-state index in [1.165, 1.54) is 19.3 Å². The van der Waals surface area contributed by atoms with Crippen molar-refractivity contribution >= 4 is 11.6 Å². The summed E-state index contributed by atoms with van der Waals surface area (Å²) in [5.74, 6) is 0.500. The van der Waals surface area contributed by atoms with Gasteiger partial charge in [-0.25, -0.2) is 0 Å². The number of hydrogen-bond acceptors (Lipinski definition) is 2. The highest BCUT2D eigenvalue weighted by molar-refractivity contribution is 5.96. The molecule has 25 heavy (non-hydrogen) atoms. The van der Waals surface area contributed by atoms with Crippen LogP contribution in [0.3, 0.4) is 0 Å². The van der Waals surface area contributed by atoms with Gasteiger partial charge in [-0.15, -0.1) is 0 Å². The second kappa shape index (κ2) is 11.4. The highest BCUT2D eigenvalue weighted by Gasteiger charge is 2.05. The first-order chi connectivity index (χ1) is 12.3. The van der Waals surface area contributed by atoms with Crippen molar-refractivity contribution in [2.45, 2.75) is 57.8 Å². The molecule has 0 aliphatic carbocycles. The summed E-state index contributed by atoms with van der Waals surface area (Å²) in [6, 6.07) is 19.1. The molecule has 0 fully saturated rings. The molecule has 0 saturated heterocycles. The number of hydrogen-bond donors (Lipinski definition) is 0. The summed E-state index contributed by atoms with van der Waals surface area (Å²) in [5, 5.41) is 0. The Morgan fingerprint density at radius 1 is 0.480 bits per heavy atom. The Morgan fingerprint density at radius 3 is 1.16 bits per heavy atom. The van der Waals surface area contributed by atoms with Crippen molar-refractivity contribution in [3.05, 3.63) is 71.8 Å². The van der Waals surface area contributed by atoms with Gasteiger partial charge in [0, 0.05) is 24.0 Å². The molecule has 0 heterocycles. The Bertz CT molecular complexity index is 574. The van der Waals surface area contributed by atoms with Crippen LogP contribution < -0.4 is 0 Å². The van der Waals surface area contributed by atoms with E-state index in [2.05, 4.69) is 0 Å². The van der Waals surface area contributed by atoms with E-state index >= 15 is 0 Å². The molecule has 132 valence electrons. The lowest BCUT2D eigenvalue weighted by Crippen LogP contribution is -1.98. The van der Waals surface area contributed by atoms with Gasteiger partial charge in [0.2, 0.25) is 0 Å². The molecule has 2 nitrogen and oxygen atoms in total. The number of benzene rings is 2. The maximum atomic E-state index is 12.0. The van der Waals surface area contributed by atoms with Gasteiger partial charge in [0.25, 0.3) is 0 Å². The summed E-state index contributed by atoms with van der Waals surface area (Å²) in [5.41, 5.74) is 1.65. The Morgan fingerprint density at radius 2 is 0.800 bits per heavy atom. The summed E-state index contributed by atoms with van der Waals surface area (Å²) < 4.78 is 0. The summed E-state index contributed by atoms with van der Waals surface area (Å²) in [6.07, 6.45) is 9.01. The van der Waals surface area contributed by atoms with E-state index in [9.17, 15) is 9.59 Å². The quantitative estimate of drug-likeness (QED) is 0.338. The molecule has 2 aromatic rings. The molecule has 0 unspecified atom stereocenters. The Balaban J connectivity index is 1.45. The minimum atomic E-state index is 0.250. The summed E-state index contributed by atoms with van der Waals surface area (Å²) in [7, 11) is 0. The second-order valence-electron chi connectivity index (χ2n) is 6.55. The van der Waals surface area contributed by atoms with Crippen molar-refractivity contribution in [1.82, 2.24) is 0 Å². The Kier molecular flexibility index (Phi) is 8.68. The minimum Gasteiger partial charge on any atom is -0.294 e. The standard InChI is InChI=1S/C23H28O2/c24-22(20-14-8-6-9-15-20)18-12-4-2-1-3-5-13-19-23(25)21-16-10-7-11-17-21/h6-11,14-17H,1-5,12-13,18-19H2. The molecule has 0 saturated carbocycles. The molecule has 0 aliphatic rings. The lowest BCUT2D eigenvalue weighted by atomic mass is 10.0. The average Bonchev–Trinajstić information content (AvgIpc) is 2.67. The van der Waals surface area contributed by atoms with E-state index in [-0.39, 0.29) is 11.6 Å². The maximum Gasteiger partial charge on any atom is 0.162 e. The molecule has 2 aromatic carbocycles. The van der Waals surface area contributed by atoms with Gasteiger partial charge in [-0.2, -0.15) is 0 Å². The first-order valence-corrected chi connectivity index (χ1v) is 9.44. The van der Waals surface area contributed by atoms with Crippen LogP contribution in [0.15, 0.2) is 60.7 Å². The SMILES string of the molecule is O=C(CCCCCCCCCC(=O)c1ccccc1)c1ccccc1. The third-order valence-corrected chi connectivity index (χ3v) is 4.50. The Hall–Kier alpha value is -2.22. The van der Waals surface area contributed by atoms with Crippen molar-refractivity contribution in [2.24, 2.45) is 0 Å². The molecular weight excluding hydrogens is 308 g/mol. The number of unbranched alkanes of at least 4 members (excludes halogenated alkanes) is 6.